The van der Waals surface area contributed by atoms with Crippen LogP contribution in [-0.4, -0.2) is 46.6 Å². The van der Waals surface area contributed by atoms with Crippen molar-refractivity contribution in [2.24, 2.45) is 5.92 Å². The van der Waals surface area contributed by atoms with Crippen LogP contribution >= 0.6 is 0 Å². The minimum atomic E-state index is -0.998. The summed E-state index contributed by atoms with van der Waals surface area (Å²) >= 11 is 0. The monoisotopic (exact) mass is 470 g/mol. The Morgan fingerprint density at radius 3 is 2.70 bits per heavy atom. The second kappa shape index (κ2) is 9.95. The van der Waals surface area contributed by atoms with E-state index >= 15 is 0 Å². The van der Waals surface area contributed by atoms with Crippen molar-refractivity contribution in [1.82, 2.24) is 4.90 Å². The van der Waals surface area contributed by atoms with E-state index in [1.807, 2.05) is 42.2 Å². The van der Waals surface area contributed by atoms with Gasteiger partial charge in [-0.2, -0.15) is 0 Å². The Morgan fingerprint density at radius 2 is 2.03 bits per heavy atom. The summed E-state index contributed by atoms with van der Waals surface area (Å²) in [5, 5.41) is 2.95. The van der Waals surface area contributed by atoms with E-state index in [2.05, 4.69) is 5.32 Å². The van der Waals surface area contributed by atoms with Crippen LogP contribution in [0.15, 0.2) is 36.4 Å². The Kier molecular flexibility index (Phi) is 7.02. The van der Waals surface area contributed by atoms with Crippen molar-refractivity contribution in [3.63, 3.8) is 0 Å². The summed E-state index contributed by atoms with van der Waals surface area (Å²) in [6, 6.07) is 11.0. The summed E-state index contributed by atoms with van der Waals surface area (Å²) in [4.78, 5) is 27.8. The van der Waals surface area contributed by atoms with E-state index in [4.69, 9.17) is 9.47 Å². The average Bonchev–Trinajstić information content (AvgIpc) is 3.59. The van der Waals surface area contributed by atoms with Crippen LogP contribution in [0.25, 0.3) is 0 Å². The van der Waals surface area contributed by atoms with Gasteiger partial charge in [-0.25, -0.2) is 0 Å². The molecular formula is C25H30N2O5S. The number of carbonyl (C=O) groups excluding carboxylic acids is 2. The molecular weight excluding hydrogens is 440 g/mol. The second-order valence-corrected chi connectivity index (χ2v) is 10.0. The topological polar surface area (TPSA) is 84.9 Å². The van der Waals surface area contributed by atoms with Crippen molar-refractivity contribution >= 4 is 28.3 Å². The summed E-state index contributed by atoms with van der Waals surface area (Å²) in [6.45, 7) is 2.82. The molecule has 0 aromatic heterocycles. The predicted molar refractivity (Wildman–Crippen MR) is 128 cm³/mol. The van der Waals surface area contributed by atoms with Gasteiger partial charge in [0.1, 0.15) is 0 Å². The van der Waals surface area contributed by atoms with Crippen LogP contribution in [-0.2, 0) is 22.1 Å². The van der Waals surface area contributed by atoms with Gasteiger partial charge < -0.3 is 19.7 Å². The molecule has 0 spiro atoms. The van der Waals surface area contributed by atoms with Crippen molar-refractivity contribution in [3.8, 4) is 11.5 Å². The van der Waals surface area contributed by atoms with Crippen LogP contribution in [0.2, 0.25) is 0 Å². The quantitative estimate of drug-likeness (QED) is 0.569. The molecule has 0 bridgehead atoms. The molecule has 1 heterocycles. The summed E-state index contributed by atoms with van der Waals surface area (Å²) in [5.74, 6) is 1.60. The van der Waals surface area contributed by atoms with Gasteiger partial charge in [0.2, 0.25) is 5.91 Å². The highest BCUT2D eigenvalue weighted by Crippen LogP contribution is 2.40. The number of hydrogen-bond donors (Lipinski definition) is 1. The zero-order valence-electron chi connectivity index (χ0n) is 19.3. The highest BCUT2D eigenvalue weighted by molar-refractivity contribution is 7.84. The highest BCUT2D eigenvalue weighted by atomic mass is 32.2. The van der Waals surface area contributed by atoms with Crippen molar-refractivity contribution in [2.45, 2.75) is 38.8 Å². The van der Waals surface area contributed by atoms with Crippen LogP contribution < -0.4 is 14.8 Å². The zero-order valence-corrected chi connectivity index (χ0v) is 20.1. The van der Waals surface area contributed by atoms with Crippen molar-refractivity contribution in [1.29, 1.82) is 0 Å². The van der Waals surface area contributed by atoms with E-state index in [1.165, 1.54) is 0 Å². The first kappa shape index (κ1) is 23.3. The third kappa shape index (κ3) is 5.05. The number of nitrogens with zero attached hydrogens (tertiary/aromatic N) is 1. The lowest BCUT2D eigenvalue weighted by Crippen LogP contribution is -2.30. The fourth-order valence-electron chi connectivity index (χ4n) is 4.27. The first-order valence-corrected chi connectivity index (χ1v) is 13.0. The molecule has 33 heavy (non-hydrogen) atoms. The Hall–Kier alpha value is -2.87. The minimum absolute atomic E-state index is 0.0240. The molecule has 0 radical (unpaired) electrons. The Labute approximate surface area is 196 Å². The number of anilines is 1. The van der Waals surface area contributed by atoms with Crippen LogP contribution in [0.1, 0.15) is 53.7 Å². The maximum atomic E-state index is 13.6. The zero-order chi connectivity index (χ0) is 23.5. The van der Waals surface area contributed by atoms with Crippen LogP contribution in [0.3, 0.4) is 0 Å². The summed E-state index contributed by atoms with van der Waals surface area (Å²) in [5.41, 5.74) is 2.90. The van der Waals surface area contributed by atoms with Gasteiger partial charge in [0, 0.05) is 35.3 Å². The summed E-state index contributed by atoms with van der Waals surface area (Å²) in [7, 11) is 0.593. The van der Waals surface area contributed by atoms with Gasteiger partial charge >= 0.3 is 0 Å². The molecule has 1 fully saturated rings. The maximum Gasteiger partial charge on any atom is 0.257 e. The van der Waals surface area contributed by atoms with Crippen LogP contribution in [0.5, 0.6) is 11.5 Å². The first-order chi connectivity index (χ1) is 15.9. The SMILES string of the molecule is CCOc1cc(C(CCS(C)=O)N2Cc3cccc(NC(=O)C4CC4)c3C2=O)ccc1OC. The number of amides is 2. The number of nitrogens with one attached hydrogen (secondary N) is 1. The highest BCUT2D eigenvalue weighted by Gasteiger charge is 2.37. The van der Waals surface area contributed by atoms with Gasteiger partial charge in [0.05, 0.1) is 31.0 Å². The van der Waals surface area contributed by atoms with Crippen molar-refractivity contribution < 1.29 is 23.3 Å². The number of benzene rings is 2. The van der Waals surface area contributed by atoms with Gasteiger partial charge in [-0.1, -0.05) is 18.2 Å². The molecule has 2 aromatic rings. The molecule has 7 nitrogen and oxygen atoms in total. The molecule has 1 saturated carbocycles. The van der Waals surface area contributed by atoms with Gasteiger partial charge in [-0.3, -0.25) is 13.8 Å². The molecule has 0 saturated heterocycles. The van der Waals surface area contributed by atoms with E-state index in [-0.39, 0.29) is 23.8 Å². The largest absolute Gasteiger partial charge is 0.493 e. The fraction of sp³-hybridized carbons (Fsp3) is 0.440. The second-order valence-electron chi connectivity index (χ2n) is 8.46. The molecule has 8 heteroatoms. The molecule has 4 rings (SSSR count). The Morgan fingerprint density at radius 1 is 1.24 bits per heavy atom. The van der Waals surface area contributed by atoms with E-state index in [0.717, 1.165) is 24.0 Å². The van der Waals surface area contributed by atoms with Gasteiger partial charge in [0.25, 0.3) is 5.91 Å². The van der Waals surface area contributed by atoms with Crippen molar-refractivity contribution in [2.75, 3.05) is 31.0 Å². The Bertz CT molecular complexity index is 1080. The normalized spacial score (nSPS) is 16.8. The molecule has 1 N–H and O–H groups in total. The Balaban J connectivity index is 1.66. The van der Waals surface area contributed by atoms with Gasteiger partial charge in [0.15, 0.2) is 11.5 Å². The third-order valence-electron chi connectivity index (χ3n) is 6.10. The molecule has 1 aliphatic heterocycles. The lowest BCUT2D eigenvalue weighted by atomic mass is 10.0. The third-order valence-corrected chi connectivity index (χ3v) is 6.91. The number of hydrogen-bond acceptors (Lipinski definition) is 5. The number of ether oxygens (including phenoxy) is 2. The minimum Gasteiger partial charge on any atom is -0.493 e. The lowest BCUT2D eigenvalue weighted by Gasteiger charge is -2.29. The fourth-order valence-corrected chi connectivity index (χ4v) is 4.82. The number of fused-ring (bicyclic) bond motifs is 1. The summed E-state index contributed by atoms with van der Waals surface area (Å²) < 4.78 is 23.1. The number of carbonyl (C=O) groups is 2. The van der Waals surface area contributed by atoms with Gasteiger partial charge in [-0.05, 0) is 55.5 Å². The number of rotatable bonds is 10. The smallest absolute Gasteiger partial charge is 0.257 e. The molecule has 1 aliphatic carbocycles. The molecule has 2 aromatic carbocycles. The van der Waals surface area contributed by atoms with E-state index in [0.29, 0.717) is 48.1 Å². The molecule has 176 valence electrons. The maximum absolute atomic E-state index is 13.6. The summed E-state index contributed by atoms with van der Waals surface area (Å²) in [6.07, 6.45) is 4.01. The van der Waals surface area contributed by atoms with Crippen molar-refractivity contribution in [3.05, 3.63) is 53.1 Å². The molecule has 2 aliphatic rings. The average molecular weight is 471 g/mol. The number of methoxy groups -OCH3 is 1. The first-order valence-electron chi connectivity index (χ1n) is 11.3. The van der Waals surface area contributed by atoms with E-state index in [1.54, 1.807) is 19.4 Å². The van der Waals surface area contributed by atoms with Crippen LogP contribution in [0.4, 0.5) is 5.69 Å². The molecule has 2 unspecified atom stereocenters. The predicted octanol–water partition coefficient (Wildman–Crippen LogP) is 3.91. The van der Waals surface area contributed by atoms with E-state index < -0.39 is 10.8 Å². The molecule has 2 atom stereocenters. The van der Waals surface area contributed by atoms with Crippen LogP contribution in [0, 0.1) is 5.92 Å². The van der Waals surface area contributed by atoms with Gasteiger partial charge in [-0.15, -0.1) is 0 Å². The lowest BCUT2D eigenvalue weighted by molar-refractivity contribution is -0.117. The standard InChI is InChI=1S/C25H30N2O5S/c1-4-32-22-14-17(10-11-21(22)31-2)20(12-13-33(3)30)27-15-18-6-5-7-19(23(18)25(27)29)26-24(28)16-8-9-16/h5-7,10-11,14,16,20H,4,8-9,12-13,15H2,1-3H3,(H,26,28). The molecule has 2 amide bonds. The van der Waals surface area contributed by atoms with E-state index in [9.17, 15) is 13.8 Å².